The molecule has 5 heteroatoms. The van der Waals surface area contributed by atoms with Gasteiger partial charge in [-0.05, 0) is 0 Å². The van der Waals surface area contributed by atoms with Crippen molar-refractivity contribution in [1.29, 1.82) is 0 Å². The molecular weight excluding hydrogens is 452 g/mol. The third kappa shape index (κ3) is 10.8. The molecule has 0 spiro atoms. The molecule has 0 saturated heterocycles. The zero-order chi connectivity index (χ0) is 19.2. The van der Waals surface area contributed by atoms with Crippen LogP contribution < -0.4 is 0 Å². The Hall–Kier alpha value is -0.990. The maximum atomic E-state index is 5.75. The fourth-order valence-electron chi connectivity index (χ4n) is 2.73. The molecule has 0 N–H and O–H groups in total. The van der Waals surface area contributed by atoms with Gasteiger partial charge in [-0.3, -0.25) is 0 Å². The molecule has 2 rings (SSSR count). The molecule has 27 heavy (non-hydrogen) atoms. The van der Waals surface area contributed by atoms with E-state index in [1.54, 1.807) is 0 Å². The number of hydrogen-bond donors (Lipinski definition) is 0. The van der Waals surface area contributed by atoms with Gasteiger partial charge in [0, 0.05) is 0 Å². The normalized spacial score (nSPS) is 11.0. The molecule has 4 nitrogen and oxygen atoms in total. The van der Waals surface area contributed by atoms with E-state index in [0.29, 0.717) is 0 Å². The van der Waals surface area contributed by atoms with Gasteiger partial charge in [0.25, 0.3) is 0 Å². The van der Waals surface area contributed by atoms with Crippen molar-refractivity contribution in [2.24, 2.45) is 0 Å². The Bertz CT molecular complexity index is 596. The summed E-state index contributed by atoms with van der Waals surface area (Å²) >= 11 is 0.0334. The average Bonchev–Trinajstić information content (AvgIpc) is 2.65. The molecule has 0 saturated carbocycles. The monoisotopic (exact) mass is 486 g/mol. The molecule has 0 atom stereocenters. The third-order valence-corrected chi connectivity index (χ3v) is 6.68. The van der Waals surface area contributed by atoms with Crippen molar-refractivity contribution in [1.82, 2.24) is 9.97 Å². The fraction of sp³-hybridized carbons (Fsp3) is 0.545. The van der Waals surface area contributed by atoms with Crippen molar-refractivity contribution < 1.29 is 9.47 Å². The summed E-state index contributed by atoms with van der Waals surface area (Å²) in [5, 5.41) is 0. The van der Waals surface area contributed by atoms with Gasteiger partial charge in [0.05, 0.1) is 0 Å². The number of aryl methyl sites for hydroxylation is 4. The van der Waals surface area contributed by atoms with Crippen molar-refractivity contribution in [3.63, 3.8) is 0 Å². The van der Waals surface area contributed by atoms with Crippen LogP contribution in [0.1, 0.15) is 35.6 Å². The van der Waals surface area contributed by atoms with Gasteiger partial charge in [-0.15, -0.1) is 0 Å². The van der Waals surface area contributed by atoms with Crippen LogP contribution >= 0.6 is 0 Å². The molecule has 2 aromatic heterocycles. The van der Waals surface area contributed by atoms with E-state index in [4.69, 9.17) is 9.47 Å². The number of rotatable bonds is 14. The first kappa shape index (κ1) is 22.3. The van der Waals surface area contributed by atoms with Crippen molar-refractivity contribution in [3.05, 3.63) is 59.2 Å². The zero-order valence-corrected chi connectivity index (χ0v) is 19.0. The van der Waals surface area contributed by atoms with Crippen LogP contribution in [0.15, 0.2) is 36.4 Å². The first-order chi connectivity index (χ1) is 13.2. The Morgan fingerprint density at radius 1 is 0.704 bits per heavy atom. The predicted molar refractivity (Wildman–Crippen MR) is 112 cm³/mol. The maximum absolute atomic E-state index is 5.75. The number of pyridine rings is 2. The molecule has 0 unspecified atom stereocenters. The minimum absolute atomic E-state index is 0.0334. The number of nitrogens with zero attached hydrogens (tertiary/aromatic N) is 2. The minimum atomic E-state index is 0.0334. The summed E-state index contributed by atoms with van der Waals surface area (Å²) in [4.78, 5) is 9.03. The molecule has 0 bridgehead atoms. The Morgan fingerprint density at radius 3 is 1.63 bits per heavy atom. The molecule has 0 aliphatic rings. The summed E-state index contributed by atoms with van der Waals surface area (Å²) < 4.78 is 14.0. The van der Waals surface area contributed by atoms with Gasteiger partial charge < -0.3 is 0 Å². The topological polar surface area (TPSA) is 44.2 Å². The van der Waals surface area contributed by atoms with E-state index in [0.717, 1.165) is 63.5 Å². The standard InChI is InChI=1S/C22H32N2O2Te/c1-19-7-3-9-21(23-19)11-5-13-25-15-17-27-18-16-26-14-6-12-22-10-4-8-20(2)24-22/h3-4,7-10H,5-6,11-18H2,1-2H3. The summed E-state index contributed by atoms with van der Waals surface area (Å²) in [6, 6.07) is 12.4. The third-order valence-electron chi connectivity index (χ3n) is 4.08. The van der Waals surface area contributed by atoms with Crippen LogP contribution in [-0.2, 0) is 22.3 Å². The Kier molecular flexibility index (Phi) is 11.6. The van der Waals surface area contributed by atoms with Crippen LogP contribution in [0.25, 0.3) is 0 Å². The molecule has 0 fully saturated rings. The van der Waals surface area contributed by atoms with Gasteiger partial charge in [-0.1, -0.05) is 0 Å². The first-order valence-electron chi connectivity index (χ1n) is 9.82. The van der Waals surface area contributed by atoms with Crippen LogP contribution in [0.2, 0.25) is 8.94 Å². The van der Waals surface area contributed by atoms with Gasteiger partial charge in [0.1, 0.15) is 0 Å². The predicted octanol–water partition coefficient (Wildman–Crippen LogP) is 4.23. The Morgan fingerprint density at radius 2 is 1.19 bits per heavy atom. The van der Waals surface area contributed by atoms with Crippen molar-refractivity contribution >= 4 is 20.9 Å². The SMILES string of the molecule is Cc1cccc(CCCOCC[Te]CCOCCCc2cccc(C)n2)n1. The molecule has 148 valence electrons. The van der Waals surface area contributed by atoms with Gasteiger partial charge in [0.15, 0.2) is 0 Å². The summed E-state index contributed by atoms with van der Waals surface area (Å²) in [7, 11) is 0. The van der Waals surface area contributed by atoms with Crippen LogP contribution in [0.3, 0.4) is 0 Å². The fourth-order valence-corrected chi connectivity index (χ4v) is 4.66. The summed E-state index contributed by atoms with van der Waals surface area (Å²) in [5.74, 6) is 0. The second kappa shape index (κ2) is 14.1. The van der Waals surface area contributed by atoms with Gasteiger partial charge >= 0.3 is 174 Å². The van der Waals surface area contributed by atoms with Crippen molar-refractivity contribution in [2.75, 3.05) is 26.4 Å². The number of ether oxygens (including phenoxy) is 2. The molecule has 0 aliphatic carbocycles. The van der Waals surface area contributed by atoms with Crippen LogP contribution in [0, 0.1) is 13.8 Å². The molecule has 0 aromatic carbocycles. The van der Waals surface area contributed by atoms with E-state index >= 15 is 0 Å². The molecule has 0 radical (unpaired) electrons. The number of aromatic nitrogens is 2. The second-order valence-electron chi connectivity index (χ2n) is 6.58. The van der Waals surface area contributed by atoms with E-state index < -0.39 is 0 Å². The molecular formula is C22H32N2O2Te. The van der Waals surface area contributed by atoms with Gasteiger partial charge in [-0.25, -0.2) is 0 Å². The van der Waals surface area contributed by atoms with Crippen LogP contribution in [-0.4, -0.2) is 57.3 Å². The van der Waals surface area contributed by atoms with Crippen LogP contribution in [0.5, 0.6) is 0 Å². The molecule has 2 heterocycles. The quantitative estimate of drug-likeness (QED) is 0.298. The van der Waals surface area contributed by atoms with E-state index in [9.17, 15) is 0 Å². The molecule has 0 amide bonds. The van der Waals surface area contributed by atoms with Crippen LogP contribution in [0.4, 0.5) is 0 Å². The van der Waals surface area contributed by atoms with Crippen molar-refractivity contribution in [3.8, 4) is 0 Å². The van der Waals surface area contributed by atoms with E-state index in [2.05, 4.69) is 34.2 Å². The summed E-state index contributed by atoms with van der Waals surface area (Å²) in [6.45, 7) is 7.56. The average molecular weight is 484 g/mol. The molecule has 0 aliphatic heterocycles. The Labute approximate surface area is 174 Å². The van der Waals surface area contributed by atoms with E-state index in [1.165, 1.54) is 20.3 Å². The van der Waals surface area contributed by atoms with Crippen molar-refractivity contribution in [2.45, 2.75) is 48.5 Å². The first-order valence-corrected chi connectivity index (χ1v) is 13.1. The second-order valence-corrected chi connectivity index (χ2v) is 10.1. The molecule has 2 aromatic rings. The summed E-state index contributed by atoms with van der Waals surface area (Å²) in [5.41, 5.74) is 4.52. The Balaban J connectivity index is 1.33. The number of hydrogen-bond acceptors (Lipinski definition) is 4. The zero-order valence-electron chi connectivity index (χ0n) is 16.7. The van der Waals surface area contributed by atoms with E-state index in [1.807, 2.05) is 26.0 Å². The summed E-state index contributed by atoms with van der Waals surface area (Å²) in [6.07, 6.45) is 4.11. The van der Waals surface area contributed by atoms with E-state index in [-0.39, 0.29) is 20.9 Å². The van der Waals surface area contributed by atoms with Gasteiger partial charge in [-0.2, -0.15) is 0 Å². The van der Waals surface area contributed by atoms with Gasteiger partial charge in [0.2, 0.25) is 0 Å².